The van der Waals surface area contributed by atoms with Crippen molar-refractivity contribution in [2.75, 3.05) is 6.54 Å². The van der Waals surface area contributed by atoms with Crippen LogP contribution in [0.25, 0.3) is 11.3 Å². The summed E-state index contributed by atoms with van der Waals surface area (Å²) in [6, 6.07) is 10.4. The first-order valence-electron chi connectivity index (χ1n) is 7.59. The molecule has 2 rings (SSSR count). The minimum absolute atomic E-state index is 0.107. The highest BCUT2D eigenvalue weighted by molar-refractivity contribution is 5.64. The van der Waals surface area contributed by atoms with Crippen molar-refractivity contribution >= 4 is 0 Å². The molecule has 21 heavy (non-hydrogen) atoms. The Hall–Kier alpha value is -1.87. The molecule has 1 aromatic heterocycles. The number of hydrogen-bond acceptors (Lipinski definition) is 2. The highest BCUT2D eigenvalue weighted by Crippen LogP contribution is 2.23. The van der Waals surface area contributed by atoms with E-state index in [4.69, 9.17) is 0 Å². The molecule has 0 spiro atoms. The van der Waals surface area contributed by atoms with Crippen LogP contribution in [0.2, 0.25) is 0 Å². The Morgan fingerprint density at radius 3 is 2.48 bits per heavy atom. The van der Waals surface area contributed by atoms with Crippen molar-refractivity contribution in [3.63, 3.8) is 0 Å². The van der Waals surface area contributed by atoms with E-state index in [-0.39, 0.29) is 5.56 Å². The fourth-order valence-corrected chi connectivity index (χ4v) is 2.67. The van der Waals surface area contributed by atoms with Crippen molar-refractivity contribution in [3.05, 3.63) is 57.4 Å². The quantitative estimate of drug-likeness (QED) is 0.914. The Morgan fingerprint density at radius 2 is 1.86 bits per heavy atom. The lowest BCUT2D eigenvalue weighted by Gasteiger charge is -2.15. The van der Waals surface area contributed by atoms with Gasteiger partial charge in [-0.05, 0) is 38.9 Å². The molecule has 0 aliphatic carbocycles. The molecule has 1 aromatic carbocycles. The lowest BCUT2D eigenvalue weighted by molar-refractivity contribution is 0.682. The molecule has 0 atom stereocenters. The lowest BCUT2D eigenvalue weighted by atomic mass is 10.0. The Bertz CT molecular complexity index is 686. The van der Waals surface area contributed by atoms with Crippen molar-refractivity contribution in [2.24, 2.45) is 0 Å². The number of rotatable bonds is 5. The lowest BCUT2D eigenvalue weighted by Crippen LogP contribution is -2.27. The zero-order valence-corrected chi connectivity index (χ0v) is 13.4. The number of aromatic nitrogens is 1. The zero-order valence-electron chi connectivity index (χ0n) is 13.4. The molecule has 1 heterocycles. The molecular formula is C18H24N2O. The molecule has 0 saturated heterocycles. The summed E-state index contributed by atoms with van der Waals surface area (Å²) >= 11 is 0. The monoisotopic (exact) mass is 284 g/mol. The summed E-state index contributed by atoms with van der Waals surface area (Å²) < 4.78 is 1.87. The molecule has 0 unspecified atom stereocenters. The Balaban J connectivity index is 2.54. The molecule has 1 N–H and O–H groups in total. The van der Waals surface area contributed by atoms with Crippen LogP contribution in [0.1, 0.15) is 30.5 Å². The van der Waals surface area contributed by atoms with Crippen LogP contribution in [0.4, 0.5) is 0 Å². The van der Waals surface area contributed by atoms with Gasteiger partial charge in [0.2, 0.25) is 0 Å². The highest BCUT2D eigenvalue weighted by Gasteiger charge is 2.11. The SMILES string of the molecule is CCNCc1ccc(-c2ccc(C)cc2C)n(CC)c1=O. The maximum Gasteiger partial charge on any atom is 0.255 e. The van der Waals surface area contributed by atoms with Crippen molar-refractivity contribution in [2.45, 2.75) is 40.8 Å². The van der Waals surface area contributed by atoms with Gasteiger partial charge in [-0.15, -0.1) is 0 Å². The second-order valence-corrected chi connectivity index (χ2v) is 5.39. The summed E-state index contributed by atoms with van der Waals surface area (Å²) in [5, 5.41) is 3.22. The minimum atomic E-state index is 0.107. The third kappa shape index (κ3) is 3.24. The number of aryl methyl sites for hydroxylation is 2. The summed E-state index contributed by atoms with van der Waals surface area (Å²) in [5.41, 5.74) is 5.51. The van der Waals surface area contributed by atoms with Crippen molar-refractivity contribution in [1.29, 1.82) is 0 Å². The fourth-order valence-electron chi connectivity index (χ4n) is 2.67. The van der Waals surface area contributed by atoms with E-state index in [9.17, 15) is 4.79 Å². The molecule has 3 nitrogen and oxygen atoms in total. The Morgan fingerprint density at radius 1 is 1.10 bits per heavy atom. The molecule has 3 heteroatoms. The number of nitrogens with one attached hydrogen (secondary N) is 1. The predicted molar refractivity (Wildman–Crippen MR) is 88.7 cm³/mol. The van der Waals surface area contributed by atoms with Crippen molar-refractivity contribution in [3.8, 4) is 11.3 Å². The smallest absolute Gasteiger partial charge is 0.255 e. The summed E-state index contributed by atoms with van der Waals surface area (Å²) in [5.74, 6) is 0. The normalized spacial score (nSPS) is 10.9. The maximum atomic E-state index is 12.6. The van der Waals surface area contributed by atoms with E-state index in [1.54, 1.807) is 0 Å². The number of pyridine rings is 1. The van der Waals surface area contributed by atoms with Gasteiger partial charge in [0.05, 0.1) is 5.69 Å². The van der Waals surface area contributed by atoms with E-state index in [1.807, 2.05) is 24.5 Å². The number of hydrogen-bond donors (Lipinski definition) is 1. The number of benzene rings is 1. The van der Waals surface area contributed by atoms with Crippen LogP contribution in [-0.4, -0.2) is 11.1 Å². The van der Waals surface area contributed by atoms with Gasteiger partial charge < -0.3 is 9.88 Å². The van der Waals surface area contributed by atoms with Crippen LogP contribution in [0, 0.1) is 13.8 Å². The molecular weight excluding hydrogens is 260 g/mol. The van der Waals surface area contributed by atoms with Gasteiger partial charge in [-0.2, -0.15) is 0 Å². The Labute approximate surface area is 126 Å². The van der Waals surface area contributed by atoms with Gasteiger partial charge >= 0.3 is 0 Å². The van der Waals surface area contributed by atoms with Crippen molar-refractivity contribution < 1.29 is 0 Å². The standard InChI is InChI=1S/C18H24N2O/c1-5-19-12-15-8-10-17(20(6-2)18(15)21)16-9-7-13(3)11-14(16)4/h7-11,19H,5-6,12H2,1-4H3. The third-order valence-electron chi connectivity index (χ3n) is 3.79. The van der Waals surface area contributed by atoms with E-state index in [0.717, 1.165) is 23.4 Å². The first-order valence-corrected chi connectivity index (χ1v) is 7.59. The summed E-state index contributed by atoms with van der Waals surface area (Å²) in [4.78, 5) is 12.6. The van der Waals surface area contributed by atoms with E-state index in [2.05, 4.69) is 43.4 Å². The van der Waals surface area contributed by atoms with Gasteiger partial charge in [-0.25, -0.2) is 0 Å². The van der Waals surface area contributed by atoms with Gasteiger partial charge in [0, 0.05) is 24.2 Å². The maximum absolute atomic E-state index is 12.6. The summed E-state index contributed by atoms with van der Waals surface area (Å²) in [6.07, 6.45) is 0. The predicted octanol–water partition coefficient (Wildman–Crippen LogP) is 3.26. The average molecular weight is 284 g/mol. The molecule has 0 aliphatic heterocycles. The molecule has 0 fully saturated rings. The topological polar surface area (TPSA) is 34.0 Å². The molecule has 2 aromatic rings. The summed E-state index contributed by atoms with van der Waals surface area (Å²) in [7, 11) is 0. The molecule has 0 saturated carbocycles. The van der Waals surface area contributed by atoms with Gasteiger partial charge in [0.15, 0.2) is 0 Å². The molecule has 0 amide bonds. The van der Waals surface area contributed by atoms with Crippen LogP contribution < -0.4 is 10.9 Å². The first kappa shape index (κ1) is 15.5. The largest absolute Gasteiger partial charge is 0.313 e. The van der Waals surface area contributed by atoms with Crippen LogP contribution in [0.5, 0.6) is 0 Å². The second kappa shape index (κ2) is 6.72. The van der Waals surface area contributed by atoms with Crippen LogP contribution in [0.15, 0.2) is 35.1 Å². The second-order valence-electron chi connectivity index (χ2n) is 5.39. The molecule has 112 valence electrons. The highest BCUT2D eigenvalue weighted by atomic mass is 16.1. The van der Waals surface area contributed by atoms with Gasteiger partial charge in [-0.3, -0.25) is 4.79 Å². The third-order valence-corrected chi connectivity index (χ3v) is 3.79. The Kier molecular flexibility index (Phi) is 4.97. The average Bonchev–Trinajstić information content (AvgIpc) is 2.46. The van der Waals surface area contributed by atoms with E-state index in [0.29, 0.717) is 13.1 Å². The van der Waals surface area contributed by atoms with Gasteiger partial charge in [0.25, 0.3) is 5.56 Å². The number of nitrogens with zero attached hydrogens (tertiary/aromatic N) is 1. The van der Waals surface area contributed by atoms with Crippen molar-refractivity contribution in [1.82, 2.24) is 9.88 Å². The van der Waals surface area contributed by atoms with Crippen LogP contribution >= 0.6 is 0 Å². The van der Waals surface area contributed by atoms with Crippen LogP contribution in [0.3, 0.4) is 0 Å². The van der Waals surface area contributed by atoms with Crippen LogP contribution in [-0.2, 0) is 13.1 Å². The van der Waals surface area contributed by atoms with E-state index < -0.39 is 0 Å². The molecule has 0 aliphatic rings. The minimum Gasteiger partial charge on any atom is -0.313 e. The zero-order chi connectivity index (χ0) is 15.4. The molecule has 0 bridgehead atoms. The van der Waals surface area contributed by atoms with E-state index in [1.165, 1.54) is 11.1 Å². The van der Waals surface area contributed by atoms with Gasteiger partial charge in [0.1, 0.15) is 0 Å². The first-order chi connectivity index (χ1) is 10.1. The molecule has 0 radical (unpaired) electrons. The van der Waals surface area contributed by atoms with Gasteiger partial charge in [-0.1, -0.05) is 36.8 Å². The van der Waals surface area contributed by atoms with E-state index >= 15 is 0 Å². The summed E-state index contributed by atoms with van der Waals surface area (Å²) in [6.45, 7) is 10.4. The fraction of sp³-hybridized carbons (Fsp3) is 0.389.